The van der Waals surface area contributed by atoms with Gasteiger partial charge in [0, 0.05) is 18.2 Å². The van der Waals surface area contributed by atoms with Crippen molar-refractivity contribution in [2.75, 3.05) is 13.7 Å². The van der Waals surface area contributed by atoms with Crippen LogP contribution in [0.4, 0.5) is 9.59 Å². The lowest BCUT2D eigenvalue weighted by Crippen LogP contribution is -2.52. The van der Waals surface area contributed by atoms with Crippen LogP contribution in [0.2, 0.25) is 0 Å². The lowest BCUT2D eigenvalue weighted by atomic mass is 9.70. The molecule has 13 heteroatoms. The number of alkyl carbamates (subject to hydrolysis) is 1. The Balaban J connectivity index is 1.16. The Morgan fingerprint density at radius 1 is 1.02 bits per heavy atom. The maximum Gasteiger partial charge on any atom is 0.411 e. The number of benzene rings is 2. The number of amides is 2. The van der Waals surface area contributed by atoms with E-state index in [9.17, 15) is 24.3 Å². The Hall–Kier alpha value is -5.51. The highest BCUT2D eigenvalue weighted by Gasteiger charge is 2.45. The molecule has 2 heterocycles. The first-order valence-electron chi connectivity index (χ1n) is 20.3. The number of hydrogen-bond donors (Lipinski definition) is 2. The first-order valence-corrected chi connectivity index (χ1v) is 20.3. The van der Waals surface area contributed by atoms with Crippen LogP contribution in [0, 0.1) is 23.2 Å². The minimum Gasteiger partial charge on any atom is -0.487 e. The molecule has 58 heavy (non-hydrogen) atoms. The molecule has 0 bridgehead atoms. The van der Waals surface area contributed by atoms with Crippen LogP contribution in [0.25, 0.3) is 10.9 Å². The molecule has 2 saturated carbocycles. The Kier molecular flexibility index (Phi) is 13.3. The fourth-order valence-corrected chi connectivity index (χ4v) is 7.90. The summed E-state index contributed by atoms with van der Waals surface area (Å²) in [5, 5.41) is 13.3. The summed E-state index contributed by atoms with van der Waals surface area (Å²) in [4.78, 5) is 57.1. The first-order chi connectivity index (χ1) is 27.7. The van der Waals surface area contributed by atoms with Crippen molar-refractivity contribution in [1.29, 1.82) is 0 Å². The fraction of sp³-hybridized carbons (Fsp3) is 0.533. The number of likely N-dealkylation sites (tertiary alicyclic amines) is 1. The second kappa shape index (κ2) is 18.4. The standard InChI is InChI=1S/C45H55N3O10/c1-44(2,3)58-43(53)48-27-31(26-35(48)41(51)54-5)56-39-33(37(32-20-13-14-22-34(32)46-39)55-28-29-17-9-6-10-18-29)21-12-7-11-19-30-25-36(30)57-42(52)47-38(40(49)50)45(4)23-15-8-16-24-45/h6,9-10,13-14,17-18,20,22,30-31,35-36,38H,7-8,11,15-16,19,23-28H2,1-5H3,(H,47,52)(H,49,50). The normalized spacial score (nSPS) is 21.5. The molecule has 5 unspecified atom stereocenters. The van der Waals surface area contributed by atoms with Crippen molar-refractivity contribution >= 4 is 35.0 Å². The number of hydrogen-bond acceptors (Lipinski definition) is 10. The predicted molar refractivity (Wildman–Crippen MR) is 215 cm³/mol. The van der Waals surface area contributed by atoms with E-state index in [1.807, 2.05) is 61.5 Å². The van der Waals surface area contributed by atoms with Gasteiger partial charge in [-0.15, -0.1) is 0 Å². The first kappa shape index (κ1) is 42.1. The number of nitrogens with one attached hydrogen (secondary N) is 1. The number of carbonyl (C=O) groups is 4. The zero-order chi connectivity index (χ0) is 41.5. The maximum atomic E-state index is 13.2. The zero-order valence-electron chi connectivity index (χ0n) is 34.1. The quantitative estimate of drug-likeness (QED) is 0.0751. The highest BCUT2D eigenvalue weighted by atomic mass is 16.6. The van der Waals surface area contributed by atoms with Crippen LogP contribution in [0.5, 0.6) is 11.6 Å². The van der Waals surface area contributed by atoms with Crippen LogP contribution >= 0.6 is 0 Å². The molecular formula is C45H55N3O10. The van der Waals surface area contributed by atoms with Crippen LogP contribution < -0.4 is 14.8 Å². The molecule has 0 spiro atoms. The Morgan fingerprint density at radius 3 is 2.45 bits per heavy atom. The minimum atomic E-state index is -1.03. The molecule has 3 aromatic rings. The van der Waals surface area contributed by atoms with E-state index in [0.29, 0.717) is 29.7 Å². The van der Waals surface area contributed by atoms with Crippen LogP contribution in [0.3, 0.4) is 0 Å². The van der Waals surface area contributed by atoms with Crippen molar-refractivity contribution in [2.45, 2.75) is 128 Å². The highest BCUT2D eigenvalue weighted by molar-refractivity contribution is 5.89. The third-order valence-corrected chi connectivity index (χ3v) is 11.1. The third kappa shape index (κ3) is 10.7. The SMILES string of the molecule is COC(=O)C1CC(Oc2nc3ccccc3c(OCc3ccccc3)c2C#CCCCC2CC2OC(=O)NC(C(=O)O)C2(C)CCCCC2)CN1C(=O)OC(C)(C)C. The number of ether oxygens (including phenoxy) is 5. The van der Waals surface area contributed by atoms with E-state index >= 15 is 0 Å². The van der Waals surface area contributed by atoms with Crippen molar-refractivity contribution in [3.05, 3.63) is 65.7 Å². The van der Waals surface area contributed by atoms with E-state index in [-0.39, 0.29) is 37.5 Å². The Morgan fingerprint density at radius 2 is 1.74 bits per heavy atom. The number of carbonyl (C=O) groups excluding carboxylic acids is 3. The van der Waals surface area contributed by atoms with Gasteiger partial charge in [0.25, 0.3) is 0 Å². The number of aromatic nitrogens is 1. The molecule has 13 nitrogen and oxygen atoms in total. The van der Waals surface area contributed by atoms with Crippen LogP contribution in [-0.2, 0) is 30.4 Å². The predicted octanol–water partition coefficient (Wildman–Crippen LogP) is 7.80. The smallest absolute Gasteiger partial charge is 0.411 e. The summed E-state index contributed by atoms with van der Waals surface area (Å²) >= 11 is 0. The number of aliphatic carboxylic acids is 1. The van der Waals surface area contributed by atoms with E-state index < -0.39 is 53.3 Å². The molecule has 3 aliphatic rings. The molecule has 1 saturated heterocycles. The number of esters is 1. The van der Waals surface area contributed by atoms with Crippen molar-refractivity contribution < 1.29 is 48.0 Å². The van der Waals surface area contributed by atoms with Gasteiger partial charge in [0.2, 0.25) is 5.88 Å². The molecular weight excluding hydrogens is 743 g/mol. The molecule has 6 rings (SSSR count). The summed E-state index contributed by atoms with van der Waals surface area (Å²) in [5.74, 6) is 5.86. The fourth-order valence-electron chi connectivity index (χ4n) is 7.90. The molecule has 1 aromatic heterocycles. The van der Waals surface area contributed by atoms with Gasteiger partial charge in [-0.3, -0.25) is 4.90 Å². The molecule has 310 valence electrons. The third-order valence-electron chi connectivity index (χ3n) is 11.1. The summed E-state index contributed by atoms with van der Waals surface area (Å²) in [7, 11) is 1.28. The number of methoxy groups -OCH3 is 1. The summed E-state index contributed by atoms with van der Waals surface area (Å²) in [5.41, 5.74) is 0.773. The van der Waals surface area contributed by atoms with Gasteiger partial charge in [-0.05, 0) is 81.9 Å². The molecule has 1 aliphatic heterocycles. The summed E-state index contributed by atoms with van der Waals surface area (Å²) in [6.07, 6.45) is 5.19. The van der Waals surface area contributed by atoms with Crippen LogP contribution in [0.1, 0.15) is 103 Å². The Bertz CT molecular complexity index is 2010. The molecule has 3 fully saturated rings. The minimum absolute atomic E-state index is 0.0647. The van der Waals surface area contributed by atoms with E-state index in [0.717, 1.165) is 55.9 Å². The Labute approximate surface area is 340 Å². The van der Waals surface area contributed by atoms with Gasteiger partial charge < -0.3 is 34.1 Å². The average Bonchev–Trinajstić information content (AvgIpc) is 3.78. The molecule has 2 aromatic carbocycles. The molecule has 5 atom stereocenters. The number of unbranched alkanes of at least 4 members (excludes halogenated alkanes) is 1. The van der Waals surface area contributed by atoms with E-state index in [2.05, 4.69) is 17.2 Å². The number of carboxylic acids is 1. The summed E-state index contributed by atoms with van der Waals surface area (Å²) < 4.78 is 29.3. The number of fused-ring (bicyclic) bond motifs is 1. The largest absolute Gasteiger partial charge is 0.487 e. The second-order valence-corrected chi connectivity index (χ2v) is 16.8. The van der Waals surface area contributed by atoms with Gasteiger partial charge in [-0.2, -0.15) is 0 Å². The summed E-state index contributed by atoms with van der Waals surface area (Å²) in [6, 6.07) is 15.4. The van der Waals surface area contributed by atoms with Crippen LogP contribution in [0.15, 0.2) is 54.6 Å². The van der Waals surface area contributed by atoms with Crippen LogP contribution in [-0.4, -0.2) is 82.7 Å². The van der Waals surface area contributed by atoms with E-state index in [1.54, 1.807) is 20.8 Å². The van der Waals surface area contributed by atoms with Crippen molar-refractivity contribution in [3.8, 4) is 23.5 Å². The number of pyridine rings is 1. The van der Waals surface area contributed by atoms with Crippen molar-refractivity contribution in [2.24, 2.45) is 11.3 Å². The molecule has 2 amide bonds. The monoisotopic (exact) mass is 797 g/mol. The van der Waals surface area contributed by atoms with E-state index in [4.69, 9.17) is 28.7 Å². The average molecular weight is 798 g/mol. The topological polar surface area (TPSA) is 163 Å². The van der Waals surface area contributed by atoms with Gasteiger partial charge in [0.1, 0.15) is 47.8 Å². The molecule has 2 aliphatic carbocycles. The van der Waals surface area contributed by atoms with E-state index in [1.165, 1.54) is 12.0 Å². The van der Waals surface area contributed by atoms with Gasteiger partial charge in [0.05, 0.1) is 19.2 Å². The molecule has 0 radical (unpaired) electrons. The van der Waals surface area contributed by atoms with Gasteiger partial charge in [-0.25, -0.2) is 24.2 Å². The van der Waals surface area contributed by atoms with Crippen molar-refractivity contribution in [3.63, 3.8) is 0 Å². The van der Waals surface area contributed by atoms with Gasteiger partial charge >= 0.3 is 24.1 Å². The zero-order valence-corrected chi connectivity index (χ0v) is 34.1. The number of rotatable bonds is 13. The second-order valence-electron chi connectivity index (χ2n) is 16.8. The van der Waals surface area contributed by atoms with Gasteiger partial charge in [0.15, 0.2) is 0 Å². The lowest BCUT2D eigenvalue weighted by Gasteiger charge is -2.38. The number of carboxylic acid groups (broad SMARTS) is 1. The molecule has 2 N–H and O–H groups in total. The maximum absolute atomic E-state index is 13.2. The summed E-state index contributed by atoms with van der Waals surface area (Å²) in [6.45, 7) is 7.55. The highest BCUT2D eigenvalue weighted by Crippen LogP contribution is 2.41. The number of nitrogens with zero attached hydrogens (tertiary/aromatic N) is 2. The van der Waals surface area contributed by atoms with Gasteiger partial charge in [-0.1, -0.05) is 80.5 Å². The number of para-hydroxylation sites is 1. The van der Waals surface area contributed by atoms with Crippen molar-refractivity contribution in [1.82, 2.24) is 15.2 Å². The lowest BCUT2D eigenvalue weighted by molar-refractivity contribution is -0.146.